The summed E-state index contributed by atoms with van der Waals surface area (Å²) in [6, 6.07) is 2.39. The molecule has 0 aliphatic carbocycles. The fraction of sp³-hybridized carbons (Fsp3) is 0.538. The SMILES string of the molecule is CCOC(CCS(=O)(=O)c1ccc(F)cc1F)OCC. The fourth-order valence-corrected chi connectivity index (χ4v) is 3.03. The zero-order valence-corrected chi connectivity index (χ0v) is 12.3. The monoisotopic (exact) mass is 308 g/mol. The van der Waals surface area contributed by atoms with Gasteiger partial charge in [-0.15, -0.1) is 0 Å². The number of ether oxygens (including phenoxy) is 2. The molecule has 20 heavy (non-hydrogen) atoms. The lowest BCUT2D eigenvalue weighted by molar-refractivity contribution is -0.136. The summed E-state index contributed by atoms with van der Waals surface area (Å²) in [5, 5.41) is 0. The average molecular weight is 308 g/mol. The van der Waals surface area contributed by atoms with Crippen molar-refractivity contribution in [3.05, 3.63) is 29.8 Å². The number of hydrogen-bond acceptors (Lipinski definition) is 4. The van der Waals surface area contributed by atoms with Crippen LogP contribution in [0.15, 0.2) is 23.1 Å². The highest BCUT2D eigenvalue weighted by molar-refractivity contribution is 7.91. The second kappa shape index (κ2) is 7.66. The molecule has 1 aromatic carbocycles. The summed E-state index contributed by atoms with van der Waals surface area (Å²) >= 11 is 0. The van der Waals surface area contributed by atoms with Crippen LogP contribution in [0.25, 0.3) is 0 Å². The van der Waals surface area contributed by atoms with Crippen LogP contribution in [0, 0.1) is 11.6 Å². The molecule has 0 radical (unpaired) electrons. The molecule has 0 heterocycles. The first kappa shape index (κ1) is 17.0. The molecular formula is C13H18F2O4S. The molecule has 114 valence electrons. The molecule has 0 aliphatic rings. The first-order chi connectivity index (χ1) is 9.40. The van der Waals surface area contributed by atoms with E-state index in [0.29, 0.717) is 19.3 Å². The van der Waals surface area contributed by atoms with Crippen LogP contribution >= 0.6 is 0 Å². The van der Waals surface area contributed by atoms with Gasteiger partial charge in [-0.25, -0.2) is 17.2 Å². The lowest BCUT2D eigenvalue weighted by atomic mass is 10.3. The van der Waals surface area contributed by atoms with Crippen molar-refractivity contribution in [3.63, 3.8) is 0 Å². The minimum Gasteiger partial charge on any atom is -0.353 e. The zero-order valence-electron chi connectivity index (χ0n) is 11.4. The van der Waals surface area contributed by atoms with Crippen LogP contribution < -0.4 is 0 Å². The molecule has 0 N–H and O–H groups in total. The third kappa shape index (κ3) is 4.81. The van der Waals surface area contributed by atoms with Crippen LogP contribution in [0.4, 0.5) is 8.78 Å². The molecule has 4 nitrogen and oxygen atoms in total. The number of halogens is 2. The Labute approximate surface area is 117 Å². The van der Waals surface area contributed by atoms with E-state index in [9.17, 15) is 17.2 Å². The van der Waals surface area contributed by atoms with E-state index in [1.54, 1.807) is 13.8 Å². The largest absolute Gasteiger partial charge is 0.353 e. The van der Waals surface area contributed by atoms with Crippen LogP contribution in [0.5, 0.6) is 0 Å². The normalized spacial score (nSPS) is 12.1. The van der Waals surface area contributed by atoms with E-state index in [0.717, 1.165) is 12.1 Å². The topological polar surface area (TPSA) is 52.6 Å². The van der Waals surface area contributed by atoms with Crippen molar-refractivity contribution in [1.29, 1.82) is 0 Å². The van der Waals surface area contributed by atoms with E-state index < -0.39 is 32.7 Å². The van der Waals surface area contributed by atoms with Crippen LogP contribution in [-0.2, 0) is 19.3 Å². The zero-order chi connectivity index (χ0) is 15.2. The molecule has 0 aromatic heterocycles. The van der Waals surface area contributed by atoms with Gasteiger partial charge in [-0.1, -0.05) is 0 Å². The Morgan fingerprint density at radius 2 is 1.75 bits per heavy atom. The summed E-state index contributed by atoms with van der Waals surface area (Å²) in [7, 11) is -3.84. The molecule has 7 heteroatoms. The van der Waals surface area contributed by atoms with Crippen molar-refractivity contribution >= 4 is 9.84 Å². The predicted octanol–water partition coefficient (Wildman–Crippen LogP) is 2.53. The van der Waals surface area contributed by atoms with Crippen LogP contribution in [0.2, 0.25) is 0 Å². The summed E-state index contributed by atoms with van der Waals surface area (Å²) in [5.41, 5.74) is 0. The standard InChI is InChI=1S/C13H18F2O4S/c1-3-18-13(19-4-2)7-8-20(16,17)12-6-5-10(14)9-11(12)15/h5-6,9,13H,3-4,7-8H2,1-2H3. The van der Waals surface area contributed by atoms with E-state index in [1.165, 1.54) is 0 Å². The van der Waals surface area contributed by atoms with Gasteiger partial charge in [0.05, 0.1) is 5.75 Å². The van der Waals surface area contributed by atoms with E-state index in [-0.39, 0.29) is 12.2 Å². The molecule has 0 aliphatic heterocycles. The molecule has 0 saturated heterocycles. The van der Waals surface area contributed by atoms with Gasteiger partial charge in [0, 0.05) is 25.7 Å². The molecule has 0 fully saturated rings. The molecular weight excluding hydrogens is 290 g/mol. The summed E-state index contributed by atoms with van der Waals surface area (Å²) < 4.78 is 60.7. The Morgan fingerprint density at radius 3 is 2.25 bits per heavy atom. The molecule has 0 unspecified atom stereocenters. The lowest BCUT2D eigenvalue weighted by Gasteiger charge is -2.16. The highest BCUT2D eigenvalue weighted by atomic mass is 32.2. The van der Waals surface area contributed by atoms with Crippen molar-refractivity contribution in [3.8, 4) is 0 Å². The van der Waals surface area contributed by atoms with Crippen molar-refractivity contribution in [1.82, 2.24) is 0 Å². The molecule has 0 amide bonds. The maximum atomic E-state index is 13.5. The van der Waals surface area contributed by atoms with Gasteiger partial charge >= 0.3 is 0 Å². The van der Waals surface area contributed by atoms with Gasteiger partial charge in [0.2, 0.25) is 0 Å². The Balaban J connectivity index is 2.78. The molecule has 1 rings (SSSR count). The predicted molar refractivity (Wildman–Crippen MR) is 70.1 cm³/mol. The smallest absolute Gasteiger partial charge is 0.181 e. The maximum absolute atomic E-state index is 13.5. The van der Waals surface area contributed by atoms with Gasteiger partial charge in [-0.3, -0.25) is 0 Å². The number of sulfone groups is 1. The van der Waals surface area contributed by atoms with Crippen molar-refractivity contribution in [2.24, 2.45) is 0 Å². The fourth-order valence-electron chi connectivity index (χ4n) is 1.68. The summed E-state index contributed by atoms with van der Waals surface area (Å²) in [4.78, 5) is -0.509. The third-order valence-corrected chi connectivity index (χ3v) is 4.33. The van der Waals surface area contributed by atoms with Gasteiger partial charge in [0.15, 0.2) is 16.1 Å². The second-order valence-corrected chi connectivity index (χ2v) is 6.10. The number of hydrogen-bond donors (Lipinski definition) is 0. The summed E-state index contributed by atoms with van der Waals surface area (Å²) in [5.74, 6) is -2.24. The molecule has 0 saturated carbocycles. The average Bonchev–Trinajstić information content (AvgIpc) is 2.36. The molecule has 0 atom stereocenters. The Hall–Kier alpha value is -1.05. The first-order valence-corrected chi connectivity index (χ1v) is 7.97. The van der Waals surface area contributed by atoms with Gasteiger partial charge < -0.3 is 9.47 Å². The van der Waals surface area contributed by atoms with Gasteiger partial charge in [-0.05, 0) is 26.0 Å². The minimum absolute atomic E-state index is 0.0842. The summed E-state index contributed by atoms with van der Waals surface area (Å²) in [6.45, 7) is 4.30. The van der Waals surface area contributed by atoms with Crippen LogP contribution in [0.3, 0.4) is 0 Å². The summed E-state index contributed by atoms with van der Waals surface area (Å²) in [6.07, 6.45) is -0.566. The highest BCUT2D eigenvalue weighted by Crippen LogP contribution is 2.18. The molecule has 0 spiro atoms. The van der Waals surface area contributed by atoms with Crippen LogP contribution in [-0.4, -0.2) is 33.7 Å². The molecule has 1 aromatic rings. The van der Waals surface area contributed by atoms with Crippen molar-refractivity contribution in [2.75, 3.05) is 19.0 Å². The van der Waals surface area contributed by atoms with E-state index in [4.69, 9.17) is 9.47 Å². The number of benzene rings is 1. The van der Waals surface area contributed by atoms with E-state index in [1.807, 2.05) is 0 Å². The van der Waals surface area contributed by atoms with Gasteiger partial charge in [0.1, 0.15) is 16.5 Å². The number of rotatable bonds is 8. The quantitative estimate of drug-likeness (QED) is 0.547. The highest BCUT2D eigenvalue weighted by Gasteiger charge is 2.22. The van der Waals surface area contributed by atoms with Gasteiger partial charge in [-0.2, -0.15) is 0 Å². The molecule has 0 bridgehead atoms. The Morgan fingerprint density at radius 1 is 1.15 bits per heavy atom. The maximum Gasteiger partial charge on any atom is 0.181 e. The Bertz CT molecular complexity index is 525. The Kier molecular flexibility index (Phi) is 6.51. The van der Waals surface area contributed by atoms with E-state index >= 15 is 0 Å². The van der Waals surface area contributed by atoms with Crippen molar-refractivity contribution in [2.45, 2.75) is 31.5 Å². The van der Waals surface area contributed by atoms with Crippen molar-refractivity contribution < 1.29 is 26.7 Å². The van der Waals surface area contributed by atoms with E-state index in [2.05, 4.69) is 0 Å². The van der Waals surface area contributed by atoms with Crippen LogP contribution in [0.1, 0.15) is 20.3 Å². The second-order valence-electron chi connectivity index (χ2n) is 4.02. The van der Waals surface area contributed by atoms with Gasteiger partial charge in [0.25, 0.3) is 0 Å². The first-order valence-electron chi connectivity index (χ1n) is 6.31. The lowest BCUT2D eigenvalue weighted by Crippen LogP contribution is -2.22. The third-order valence-electron chi connectivity index (χ3n) is 2.56. The minimum atomic E-state index is -3.84.